The van der Waals surface area contributed by atoms with Gasteiger partial charge >= 0.3 is 11.9 Å². The lowest BCUT2D eigenvalue weighted by Gasteiger charge is -2.33. The highest BCUT2D eigenvalue weighted by Crippen LogP contribution is 2.37. The molecule has 236 valence electrons. The minimum absolute atomic E-state index is 0. The van der Waals surface area contributed by atoms with Gasteiger partial charge in [-0.3, -0.25) is 9.59 Å². The second-order valence-corrected chi connectivity index (χ2v) is 12.4. The van der Waals surface area contributed by atoms with Crippen LogP contribution in [-0.2, 0) is 28.6 Å². The molecule has 0 aromatic carbocycles. The summed E-state index contributed by atoms with van der Waals surface area (Å²) in [5, 5.41) is 0. The van der Waals surface area contributed by atoms with Crippen molar-refractivity contribution in [2.45, 2.75) is 123 Å². The number of hydrogen-bond donors (Lipinski definition) is 0. The minimum Gasteiger partial charge on any atom is -0.463 e. The van der Waals surface area contributed by atoms with E-state index in [9.17, 15) is 14.4 Å². The fourth-order valence-electron chi connectivity index (χ4n) is 6.45. The van der Waals surface area contributed by atoms with Crippen molar-refractivity contribution < 1.29 is 39.5 Å². The van der Waals surface area contributed by atoms with Gasteiger partial charge in [0.1, 0.15) is 6.10 Å². The number of hydrogen-bond acceptors (Lipinski definition) is 6. The van der Waals surface area contributed by atoms with Gasteiger partial charge in [-0.2, -0.15) is 0 Å². The summed E-state index contributed by atoms with van der Waals surface area (Å²) >= 11 is 0. The normalized spacial score (nSPS) is 29.3. The number of allylic oxidation sites excluding steroid dienone is 2. The number of carbonyl (C=O) groups is 3. The molecule has 3 aliphatic rings. The van der Waals surface area contributed by atoms with E-state index in [0.29, 0.717) is 30.1 Å². The molecule has 0 amide bonds. The highest BCUT2D eigenvalue weighted by atomic mass is 16.5. The molecule has 0 spiro atoms. The summed E-state index contributed by atoms with van der Waals surface area (Å²) < 4.78 is 17.0. The summed E-state index contributed by atoms with van der Waals surface area (Å²) in [7, 11) is 0. The average Bonchev–Trinajstić information content (AvgIpc) is 2.93. The zero-order valence-electron chi connectivity index (χ0n) is 25.7. The van der Waals surface area contributed by atoms with Crippen molar-refractivity contribution in [2.75, 3.05) is 13.2 Å². The number of ketones is 1. The fourth-order valence-corrected chi connectivity index (χ4v) is 6.45. The molecule has 0 radical (unpaired) electrons. The van der Waals surface area contributed by atoms with Gasteiger partial charge in [-0.15, -0.1) is 0 Å². The first-order chi connectivity index (χ1) is 18.8. The highest BCUT2D eigenvalue weighted by molar-refractivity contribution is 5.98. The molecule has 8 heteroatoms. The molecule has 41 heavy (non-hydrogen) atoms. The molecule has 0 aromatic heterocycles. The molecule has 0 saturated heterocycles. The molecule has 0 bridgehead atoms. The van der Waals surface area contributed by atoms with Crippen molar-refractivity contribution in [1.82, 2.24) is 0 Å². The van der Waals surface area contributed by atoms with Crippen LogP contribution < -0.4 is 0 Å². The van der Waals surface area contributed by atoms with E-state index in [0.717, 1.165) is 102 Å². The summed E-state index contributed by atoms with van der Waals surface area (Å²) in [4.78, 5) is 36.9. The highest BCUT2D eigenvalue weighted by Gasteiger charge is 2.34. The van der Waals surface area contributed by atoms with Gasteiger partial charge in [0, 0.05) is 18.6 Å². The Kier molecular flexibility index (Phi) is 17.3. The molecule has 8 nitrogen and oxygen atoms in total. The Balaban J connectivity index is 0.00000420. The lowest BCUT2D eigenvalue weighted by atomic mass is 9.72. The van der Waals surface area contributed by atoms with Gasteiger partial charge in [-0.05, 0) is 107 Å². The van der Waals surface area contributed by atoms with Crippen LogP contribution in [0.5, 0.6) is 0 Å². The van der Waals surface area contributed by atoms with E-state index in [1.165, 1.54) is 6.08 Å². The summed E-state index contributed by atoms with van der Waals surface area (Å²) in [6.07, 6.45) is 17.1. The van der Waals surface area contributed by atoms with Gasteiger partial charge in [0.15, 0.2) is 5.78 Å². The summed E-state index contributed by atoms with van der Waals surface area (Å²) in [6.45, 7) is 11.1. The molecule has 2 unspecified atom stereocenters. The third-order valence-electron chi connectivity index (χ3n) is 9.10. The van der Waals surface area contributed by atoms with Crippen molar-refractivity contribution in [3.05, 3.63) is 24.3 Å². The predicted octanol–water partition coefficient (Wildman–Crippen LogP) is 5.50. The topological polar surface area (TPSA) is 142 Å². The maximum absolute atomic E-state index is 13.0. The van der Waals surface area contributed by atoms with E-state index >= 15 is 0 Å². The first-order valence-electron chi connectivity index (χ1n) is 15.7. The van der Waals surface area contributed by atoms with Gasteiger partial charge in [0.05, 0.1) is 18.6 Å². The Morgan fingerprint density at radius 3 is 2.07 bits per heavy atom. The molecular weight excluding hydrogens is 524 g/mol. The first kappa shape index (κ1) is 37.0. The van der Waals surface area contributed by atoms with E-state index < -0.39 is 0 Å². The van der Waals surface area contributed by atoms with Crippen LogP contribution in [-0.4, -0.2) is 54.1 Å². The standard InChI is InChI=1S/C33H52O6.2H2O/c1-5-31(34)38-21-9-7-6-8-20-37-27-17-13-26(14-18-27)33(36)39-28-15-11-25(12-16-28)22-30-24(4)10-19-29(23(2)3)32(30)35;;/h5,22-29H,1,6-21H2,2-4H3;2*1H2/b30-22+;;. The third kappa shape index (κ3) is 12.0. The largest absolute Gasteiger partial charge is 0.463 e. The molecule has 4 N–H and O–H groups in total. The quantitative estimate of drug-likeness (QED) is 0.160. The van der Waals surface area contributed by atoms with E-state index in [2.05, 4.69) is 33.4 Å². The Morgan fingerprint density at radius 1 is 0.854 bits per heavy atom. The zero-order chi connectivity index (χ0) is 28.2. The SMILES string of the molecule is C=CC(=O)OCCCCCCOC1CCC(C(=O)OC2CCC(/C=C3/C(=O)C(C(C)C)CCC3C)CC2)CC1.O.O. The van der Waals surface area contributed by atoms with Crippen LogP contribution in [0.1, 0.15) is 111 Å². The molecular formula is C33H56O8. The number of carbonyl (C=O) groups excluding carboxylic acids is 3. The molecule has 3 saturated carbocycles. The lowest BCUT2D eigenvalue weighted by molar-refractivity contribution is -0.158. The zero-order valence-corrected chi connectivity index (χ0v) is 25.7. The van der Waals surface area contributed by atoms with E-state index in [-0.39, 0.29) is 46.9 Å². The Morgan fingerprint density at radius 2 is 1.46 bits per heavy atom. The average molecular weight is 581 g/mol. The van der Waals surface area contributed by atoms with E-state index in [1.807, 2.05) is 0 Å². The number of unbranched alkanes of at least 4 members (excludes halogenated alkanes) is 3. The Bertz CT molecular complexity index is 834. The monoisotopic (exact) mass is 580 g/mol. The second-order valence-electron chi connectivity index (χ2n) is 12.4. The summed E-state index contributed by atoms with van der Waals surface area (Å²) in [5.41, 5.74) is 1.06. The van der Waals surface area contributed by atoms with Crippen LogP contribution in [0.2, 0.25) is 0 Å². The molecule has 0 heterocycles. The molecule has 0 aliphatic heterocycles. The fraction of sp³-hybridized carbons (Fsp3) is 0.788. The summed E-state index contributed by atoms with van der Waals surface area (Å²) in [6, 6.07) is 0. The minimum atomic E-state index is -0.360. The smallest absolute Gasteiger partial charge is 0.330 e. The Hall–Kier alpha value is -2.03. The van der Waals surface area contributed by atoms with Crippen molar-refractivity contribution >= 4 is 17.7 Å². The molecule has 2 atom stereocenters. The first-order valence-corrected chi connectivity index (χ1v) is 15.7. The van der Waals surface area contributed by atoms with E-state index in [4.69, 9.17) is 14.2 Å². The molecule has 3 aliphatic carbocycles. The van der Waals surface area contributed by atoms with Crippen molar-refractivity contribution in [1.29, 1.82) is 0 Å². The number of Topliss-reactive ketones (excluding diaryl/α,β-unsaturated/α-hetero) is 1. The van der Waals surface area contributed by atoms with Gasteiger partial charge in [-0.1, -0.05) is 39.8 Å². The summed E-state index contributed by atoms with van der Waals surface area (Å²) in [5.74, 6) is 1.36. The number of ether oxygens (including phenoxy) is 3. The van der Waals surface area contributed by atoms with Crippen LogP contribution in [0.15, 0.2) is 24.3 Å². The van der Waals surface area contributed by atoms with Gasteiger partial charge in [0.25, 0.3) is 0 Å². The van der Waals surface area contributed by atoms with Crippen LogP contribution in [0, 0.1) is 29.6 Å². The maximum atomic E-state index is 13.0. The van der Waals surface area contributed by atoms with Crippen molar-refractivity contribution in [3.63, 3.8) is 0 Å². The molecule has 3 rings (SSSR count). The predicted molar refractivity (Wildman–Crippen MR) is 160 cm³/mol. The maximum Gasteiger partial charge on any atom is 0.330 e. The van der Waals surface area contributed by atoms with Crippen LogP contribution in [0.4, 0.5) is 0 Å². The molecule has 3 fully saturated rings. The van der Waals surface area contributed by atoms with Crippen LogP contribution in [0.3, 0.4) is 0 Å². The van der Waals surface area contributed by atoms with Gasteiger partial charge in [-0.25, -0.2) is 4.79 Å². The van der Waals surface area contributed by atoms with Gasteiger partial charge in [0.2, 0.25) is 0 Å². The number of esters is 2. The van der Waals surface area contributed by atoms with Crippen molar-refractivity contribution in [3.8, 4) is 0 Å². The second kappa shape index (κ2) is 19.2. The van der Waals surface area contributed by atoms with Crippen molar-refractivity contribution in [2.24, 2.45) is 29.6 Å². The third-order valence-corrected chi connectivity index (χ3v) is 9.10. The Labute approximate surface area is 247 Å². The van der Waals surface area contributed by atoms with Crippen LogP contribution >= 0.6 is 0 Å². The van der Waals surface area contributed by atoms with E-state index in [1.54, 1.807) is 0 Å². The molecule has 0 aromatic rings. The van der Waals surface area contributed by atoms with Gasteiger partial charge < -0.3 is 25.2 Å². The number of rotatable bonds is 13. The lowest BCUT2D eigenvalue weighted by Crippen LogP contribution is -2.32. The van der Waals surface area contributed by atoms with Crippen LogP contribution in [0.25, 0.3) is 0 Å².